The van der Waals surface area contributed by atoms with Crippen LogP contribution in [-0.4, -0.2) is 12.1 Å². The molecule has 0 saturated carbocycles. The summed E-state index contributed by atoms with van der Waals surface area (Å²) in [5.41, 5.74) is 1.83. The van der Waals surface area contributed by atoms with Gasteiger partial charge < -0.3 is 4.74 Å². The molecule has 0 heterocycles. The Labute approximate surface area is 136 Å². The zero-order valence-electron chi connectivity index (χ0n) is 11.8. The Balaban J connectivity index is 2.00. The van der Waals surface area contributed by atoms with Crippen molar-refractivity contribution in [3.8, 4) is 0 Å². The van der Waals surface area contributed by atoms with E-state index in [1.165, 1.54) is 0 Å². The molecule has 2 aromatic carbocycles. The summed E-state index contributed by atoms with van der Waals surface area (Å²) in [6.07, 6.45) is 0.432. The highest BCUT2D eigenvalue weighted by atomic mass is 32.2. The summed E-state index contributed by atoms with van der Waals surface area (Å²) >= 11 is 8.72. The summed E-state index contributed by atoms with van der Waals surface area (Å²) in [4.78, 5) is 12.3. The second-order valence-electron chi connectivity index (χ2n) is 4.94. The molecule has 1 atom stereocenters. The first-order valence-electron chi connectivity index (χ1n) is 6.75. The molecule has 4 heteroatoms. The van der Waals surface area contributed by atoms with E-state index in [1.807, 2.05) is 67.6 Å². The Bertz CT molecular complexity index is 582. The van der Waals surface area contributed by atoms with Gasteiger partial charge in [0, 0.05) is 6.42 Å². The molecule has 0 N–H and O–H groups in total. The van der Waals surface area contributed by atoms with Crippen molar-refractivity contribution < 1.29 is 9.53 Å². The lowest BCUT2D eigenvalue weighted by molar-refractivity contribution is -0.148. The predicted molar refractivity (Wildman–Crippen MR) is 91.8 cm³/mol. The highest BCUT2D eigenvalue weighted by Gasteiger charge is 2.35. The summed E-state index contributed by atoms with van der Waals surface area (Å²) < 4.78 is 4.24. The summed E-state index contributed by atoms with van der Waals surface area (Å²) in [5.74, 6) is -0.455. The van der Waals surface area contributed by atoms with E-state index in [2.05, 4.69) is 25.3 Å². The molecule has 110 valence electrons. The molecule has 1 unspecified atom stereocenters. The Kier molecular flexibility index (Phi) is 5.37. The molecule has 0 aromatic heterocycles. The summed E-state index contributed by atoms with van der Waals surface area (Å²) in [5, 5.41) is 0. The van der Waals surface area contributed by atoms with Gasteiger partial charge in [-0.2, -0.15) is 0 Å². The van der Waals surface area contributed by atoms with Crippen LogP contribution in [0, 0.1) is 0 Å². The van der Waals surface area contributed by atoms with Gasteiger partial charge in [-0.15, -0.1) is 25.3 Å². The molecule has 0 amide bonds. The molecule has 0 saturated heterocycles. The molecule has 0 bridgehead atoms. The van der Waals surface area contributed by atoms with E-state index < -0.39 is 10.0 Å². The maximum Gasteiger partial charge on any atom is 0.336 e. The van der Waals surface area contributed by atoms with Crippen LogP contribution in [0.5, 0.6) is 0 Å². The predicted octanol–water partition coefficient (Wildman–Crippen LogP) is 3.87. The van der Waals surface area contributed by atoms with Crippen LogP contribution >= 0.6 is 25.3 Å². The fourth-order valence-electron chi connectivity index (χ4n) is 2.04. The number of hydrogen-bond acceptors (Lipinski definition) is 4. The van der Waals surface area contributed by atoms with E-state index >= 15 is 0 Å². The van der Waals surface area contributed by atoms with Gasteiger partial charge in [0.2, 0.25) is 0 Å². The molecule has 0 aliphatic rings. The molecule has 0 radical (unpaired) electrons. The zero-order chi connectivity index (χ0) is 15.3. The lowest BCUT2D eigenvalue weighted by atomic mass is 10.1. The number of carbonyl (C=O) groups excluding carboxylic acids is 1. The Morgan fingerprint density at radius 2 is 1.57 bits per heavy atom. The summed E-state index contributed by atoms with van der Waals surface area (Å²) in [7, 11) is 0. The minimum absolute atomic E-state index is 0.234. The first-order valence-corrected chi connectivity index (χ1v) is 7.65. The van der Waals surface area contributed by atoms with E-state index in [0.29, 0.717) is 12.0 Å². The summed E-state index contributed by atoms with van der Waals surface area (Å²) in [6, 6.07) is 19.1. The lowest BCUT2D eigenvalue weighted by Crippen LogP contribution is -2.30. The van der Waals surface area contributed by atoms with Gasteiger partial charge in [-0.3, -0.25) is 0 Å². The number of carbonyl (C=O) groups is 1. The van der Waals surface area contributed by atoms with Gasteiger partial charge in [0.15, 0.2) is 4.08 Å². The average Bonchev–Trinajstić information content (AvgIpc) is 2.49. The third-order valence-corrected chi connectivity index (χ3v) is 4.02. The number of benzene rings is 2. The molecule has 2 rings (SSSR count). The number of esters is 1. The quantitative estimate of drug-likeness (QED) is 0.497. The maximum absolute atomic E-state index is 12.3. The fraction of sp³-hybridized carbons (Fsp3) is 0.235. The molecular weight excluding hydrogens is 300 g/mol. The van der Waals surface area contributed by atoms with Gasteiger partial charge in [0.05, 0.1) is 0 Å². The topological polar surface area (TPSA) is 26.3 Å². The molecular formula is C17H18O2S2. The summed E-state index contributed by atoms with van der Waals surface area (Å²) in [6.45, 7) is 1.87. The molecule has 0 fully saturated rings. The van der Waals surface area contributed by atoms with Crippen molar-refractivity contribution in [1.82, 2.24) is 0 Å². The molecule has 21 heavy (non-hydrogen) atoms. The molecule has 2 nitrogen and oxygen atoms in total. The van der Waals surface area contributed by atoms with Crippen molar-refractivity contribution in [3.05, 3.63) is 71.8 Å². The first-order chi connectivity index (χ1) is 10.00. The standard InChI is InChI=1S/C17H18O2S2/c1-13(12-14-8-4-2-5-9-14)19-16(18)17(20,21)15-10-6-3-7-11-15/h2-11,13,20-21H,12H2,1H3. The number of hydrogen-bond donors (Lipinski definition) is 2. The second-order valence-corrected chi connectivity index (χ2v) is 6.64. The highest BCUT2D eigenvalue weighted by Crippen LogP contribution is 2.34. The van der Waals surface area contributed by atoms with Gasteiger partial charge in [0.1, 0.15) is 6.10 Å². The molecule has 0 aliphatic carbocycles. The number of rotatable bonds is 5. The van der Waals surface area contributed by atoms with E-state index in [-0.39, 0.29) is 6.10 Å². The third kappa shape index (κ3) is 4.29. The highest BCUT2D eigenvalue weighted by molar-refractivity contribution is 8.01. The third-order valence-electron chi connectivity index (χ3n) is 3.14. The fourth-order valence-corrected chi connectivity index (χ4v) is 2.44. The van der Waals surface area contributed by atoms with E-state index in [0.717, 1.165) is 5.56 Å². The minimum atomic E-state index is -1.24. The van der Waals surface area contributed by atoms with Crippen LogP contribution in [0.4, 0.5) is 0 Å². The average molecular weight is 318 g/mol. The minimum Gasteiger partial charge on any atom is -0.460 e. The van der Waals surface area contributed by atoms with Crippen LogP contribution in [0.15, 0.2) is 60.7 Å². The SMILES string of the molecule is CC(Cc1ccccc1)OC(=O)C(S)(S)c1ccccc1. The van der Waals surface area contributed by atoms with Gasteiger partial charge in [-0.05, 0) is 18.1 Å². The molecule has 0 spiro atoms. The lowest BCUT2D eigenvalue weighted by Gasteiger charge is -2.24. The van der Waals surface area contributed by atoms with Crippen molar-refractivity contribution in [1.29, 1.82) is 0 Å². The van der Waals surface area contributed by atoms with Crippen molar-refractivity contribution in [2.45, 2.75) is 23.5 Å². The van der Waals surface area contributed by atoms with Gasteiger partial charge >= 0.3 is 5.97 Å². The van der Waals surface area contributed by atoms with Crippen LogP contribution in [0.25, 0.3) is 0 Å². The van der Waals surface area contributed by atoms with Crippen LogP contribution < -0.4 is 0 Å². The smallest absolute Gasteiger partial charge is 0.336 e. The monoisotopic (exact) mass is 318 g/mol. The van der Waals surface area contributed by atoms with Crippen molar-refractivity contribution in [3.63, 3.8) is 0 Å². The maximum atomic E-state index is 12.3. The van der Waals surface area contributed by atoms with E-state index in [4.69, 9.17) is 4.74 Å². The zero-order valence-corrected chi connectivity index (χ0v) is 13.6. The van der Waals surface area contributed by atoms with Crippen molar-refractivity contribution in [2.75, 3.05) is 0 Å². The van der Waals surface area contributed by atoms with E-state index in [1.54, 1.807) is 0 Å². The van der Waals surface area contributed by atoms with Crippen molar-refractivity contribution >= 4 is 31.2 Å². The van der Waals surface area contributed by atoms with Crippen LogP contribution in [0.2, 0.25) is 0 Å². The molecule has 2 aromatic rings. The largest absolute Gasteiger partial charge is 0.460 e. The molecule has 0 aliphatic heterocycles. The van der Waals surface area contributed by atoms with Gasteiger partial charge in [0.25, 0.3) is 0 Å². The number of ether oxygens (including phenoxy) is 1. The van der Waals surface area contributed by atoms with Crippen LogP contribution in [0.3, 0.4) is 0 Å². The van der Waals surface area contributed by atoms with Crippen LogP contribution in [-0.2, 0) is 20.0 Å². The number of thiol groups is 2. The Hall–Kier alpha value is -1.39. The second kappa shape index (κ2) is 7.05. The Morgan fingerprint density at radius 1 is 1.05 bits per heavy atom. The first kappa shape index (κ1) is 16.0. The van der Waals surface area contributed by atoms with Crippen LogP contribution in [0.1, 0.15) is 18.1 Å². The van der Waals surface area contributed by atoms with E-state index in [9.17, 15) is 4.79 Å². The normalized spacial score (nSPS) is 12.7. The Morgan fingerprint density at radius 3 is 2.14 bits per heavy atom. The van der Waals surface area contributed by atoms with Crippen molar-refractivity contribution in [2.24, 2.45) is 0 Å². The van der Waals surface area contributed by atoms with Gasteiger partial charge in [-0.1, -0.05) is 60.7 Å². The van der Waals surface area contributed by atoms with Gasteiger partial charge in [-0.25, -0.2) is 4.79 Å².